The Morgan fingerprint density at radius 3 is 1.18 bits per heavy atom. The van der Waals surface area contributed by atoms with Crippen LogP contribution >= 0.6 is 0 Å². The van der Waals surface area contributed by atoms with Gasteiger partial charge >= 0.3 is 11.1 Å². The van der Waals surface area contributed by atoms with Crippen LogP contribution in [0.15, 0.2) is 0 Å². The van der Waals surface area contributed by atoms with E-state index in [1.807, 2.05) is 0 Å². The van der Waals surface area contributed by atoms with Crippen molar-refractivity contribution in [1.29, 1.82) is 0 Å². The van der Waals surface area contributed by atoms with Gasteiger partial charge in [-0.05, 0) is 25.7 Å². The molecule has 0 spiro atoms. The first-order valence-electron chi connectivity index (χ1n) is 7.91. The van der Waals surface area contributed by atoms with Crippen molar-refractivity contribution in [2.45, 2.75) is 75.3 Å². The molecule has 2 fully saturated rings. The molecule has 0 aromatic carbocycles. The Bertz CT molecular complexity index is 447. The van der Waals surface area contributed by atoms with Crippen LogP contribution in [0.4, 0.5) is 0 Å². The third-order valence-electron chi connectivity index (χ3n) is 5.18. The van der Waals surface area contributed by atoms with Crippen LogP contribution in [-0.2, 0) is 9.59 Å². The summed E-state index contributed by atoms with van der Waals surface area (Å²) in [4.78, 5) is 24.0. The molecule has 22 heavy (non-hydrogen) atoms. The number of carbonyl (C=O) groups is 2. The van der Waals surface area contributed by atoms with Gasteiger partial charge in [0.1, 0.15) is 0 Å². The average Bonchev–Trinajstić information content (AvgIpc) is 2.54. The summed E-state index contributed by atoms with van der Waals surface area (Å²) in [5.74, 6) is -1.61. The van der Waals surface area contributed by atoms with Gasteiger partial charge in [-0.15, -0.1) is 0 Å². The molecule has 0 radical (unpaired) electrons. The van der Waals surface area contributed by atoms with Crippen LogP contribution in [0.2, 0.25) is 0 Å². The molecule has 4 N–H and O–H groups in total. The first-order valence-corrected chi connectivity index (χ1v) is 7.91. The van der Waals surface area contributed by atoms with Crippen molar-refractivity contribution in [1.82, 2.24) is 0 Å². The lowest BCUT2D eigenvalue weighted by atomic mass is 9.80. The van der Waals surface area contributed by atoms with Gasteiger partial charge in [0, 0.05) is 25.7 Å². The number of nitrogens with zero attached hydrogens (tertiary/aromatic N) is 2. The molecule has 0 aliphatic heterocycles. The summed E-state index contributed by atoms with van der Waals surface area (Å²) in [6.07, 6.45) is 5.33. The Morgan fingerprint density at radius 1 is 0.682 bits per heavy atom. The highest BCUT2D eigenvalue weighted by atomic mass is 16.6. The highest BCUT2D eigenvalue weighted by Gasteiger charge is 2.58. The molecule has 0 bridgehead atoms. The molecule has 2 aliphatic rings. The number of azo groups is 1. The topological polar surface area (TPSA) is 138 Å². The van der Waals surface area contributed by atoms with Gasteiger partial charge in [-0.25, -0.2) is 0 Å². The quantitative estimate of drug-likeness (QED) is 0.451. The molecule has 2 aliphatic carbocycles. The maximum Gasteiger partial charge on any atom is 0.314 e. The van der Waals surface area contributed by atoms with Crippen molar-refractivity contribution >= 4 is 11.8 Å². The van der Waals surface area contributed by atoms with Crippen LogP contribution in [-0.4, -0.2) is 32.6 Å². The first-order chi connectivity index (χ1) is 10.4. The number of nitrogens with two attached hydrogens (primary N) is 2. The lowest BCUT2D eigenvalue weighted by Gasteiger charge is -2.33. The number of primary amides is 2. The second-order valence-corrected chi connectivity index (χ2v) is 6.46. The predicted octanol–water partition coefficient (Wildman–Crippen LogP) is 0.836. The summed E-state index contributed by atoms with van der Waals surface area (Å²) in [6.45, 7) is 0. The third-order valence-corrected chi connectivity index (χ3v) is 5.18. The Labute approximate surface area is 129 Å². The Hall–Kier alpha value is -1.86. The van der Waals surface area contributed by atoms with Gasteiger partial charge in [0.15, 0.2) is 0 Å². The van der Waals surface area contributed by atoms with Crippen LogP contribution in [0.1, 0.15) is 64.2 Å². The average molecular weight is 312 g/mol. The largest absolute Gasteiger partial charge is 0.566 e. The number of rotatable bonds is 4. The van der Waals surface area contributed by atoms with E-state index in [0.717, 1.165) is 12.8 Å². The summed E-state index contributed by atoms with van der Waals surface area (Å²) in [6, 6.07) is 0. The number of hydrogen-bond donors (Lipinski definition) is 2. The second kappa shape index (κ2) is 6.10. The smallest absolute Gasteiger partial charge is 0.314 e. The minimum atomic E-state index is -1.56. The molecule has 8 heteroatoms. The van der Waals surface area contributed by atoms with Crippen molar-refractivity contribution in [3.05, 3.63) is 10.4 Å². The fourth-order valence-corrected chi connectivity index (χ4v) is 3.68. The van der Waals surface area contributed by atoms with E-state index in [-0.39, 0.29) is 35.4 Å². The van der Waals surface area contributed by atoms with Crippen LogP contribution < -0.4 is 11.5 Å². The van der Waals surface area contributed by atoms with E-state index in [4.69, 9.17) is 11.5 Å². The summed E-state index contributed by atoms with van der Waals surface area (Å²) >= 11 is 0. The molecule has 2 saturated carbocycles. The summed E-state index contributed by atoms with van der Waals surface area (Å²) in [5.41, 5.74) is 7.74. The normalized spacial score (nSPS) is 25.1. The van der Waals surface area contributed by atoms with Crippen molar-refractivity contribution in [3.63, 3.8) is 0 Å². The van der Waals surface area contributed by atoms with Crippen molar-refractivity contribution < 1.29 is 19.3 Å². The molecule has 0 aromatic rings. The highest BCUT2D eigenvalue weighted by molar-refractivity contribution is 5.83. The third kappa shape index (κ3) is 2.50. The van der Waals surface area contributed by atoms with Gasteiger partial charge in [0.05, 0.1) is 9.72 Å². The van der Waals surface area contributed by atoms with E-state index in [1.54, 1.807) is 0 Å². The van der Waals surface area contributed by atoms with Gasteiger partial charge in [0.25, 0.3) is 11.8 Å². The molecule has 2 amide bonds. The fourth-order valence-electron chi connectivity index (χ4n) is 3.68. The summed E-state index contributed by atoms with van der Waals surface area (Å²) < 4.78 is 0. The lowest BCUT2D eigenvalue weighted by Crippen LogP contribution is -2.61. The maximum atomic E-state index is 12.7. The number of carbonyl (C=O) groups excluding carboxylic acids is 2. The zero-order valence-corrected chi connectivity index (χ0v) is 12.8. The van der Waals surface area contributed by atoms with Crippen LogP contribution in [0, 0.1) is 10.4 Å². The van der Waals surface area contributed by atoms with Gasteiger partial charge in [0.2, 0.25) is 0 Å². The molecule has 0 aromatic heterocycles. The van der Waals surface area contributed by atoms with Gasteiger partial charge in [-0.1, -0.05) is 12.8 Å². The Kier molecular flexibility index (Phi) is 4.58. The van der Waals surface area contributed by atoms with Crippen molar-refractivity contribution in [3.8, 4) is 0 Å². The van der Waals surface area contributed by atoms with E-state index in [1.165, 1.54) is 0 Å². The Balaban J connectivity index is 2.48. The zero-order chi connectivity index (χ0) is 16.4. The fraction of sp³-hybridized carbons (Fsp3) is 0.857. The SMILES string of the molecule is NC(=O)C1(/[N+]([O-])=[N+](/[O-])C2(C(N)=O)CCCCC2)CCCCC1. The molecular weight excluding hydrogens is 288 g/mol. The van der Waals surface area contributed by atoms with E-state index in [0.29, 0.717) is 25.7 Å². The summed E-state index contributed by atoms with van der Waals surface area (Å²) in [5, 5.41) is 25.4. The van der Waals surface area contributed by atoms with Gasteiger partial charge in [-0.3, -0.25) is 9.59 Å². The molecule has 0 unspecified atom stereocenters. The van der Waals surface area contributed by atoms with E-state index < -0.39 is 22.9 Å². The monoisotopic (exact) mass is 312 g/mol. The van der Waals surface area contributed by atoms with Gasteiger partial charge in [-0.2, -0.15) is 0 Å². The molecule has 0 heterocycles. The van der Waals surface area contributed by atoms with E-state index >= 15 is 0 Å². The minimum absolute atomic E-state index is 0.116. The van der Waals surface area contributed by atoms with Crippen LogP contribution in [0.3, 0.4) is 0 Å². The molecule has 2 rings (SSSR count). The van der Waals surface area contributed by atoms with E-state index in [9.17, 15) is 20.0 Å². The predicted molar refractivity (Wildman–Crippen MR) is 77.3 cm³/mol. The summed E-state index contributed by atoms with van der Waals surface area (Å²) in [7, 11) is 0. The molecular formula is C14H24N4O4. The van der Waals surface area contributed by atoms with Crippen LogP contribution in [0.25, 0.3) is 0 Å². The first kappa shape index (κ1) is 16.5. The van der Waals surface area contributed by atoms with Crippen LogP contribution in [0.5, 0.6) is 0 Å². The molecule has 124 valence electrons. The molecule has 0 saturated heterocycles. The lowest BCUT2D eigenvalue weighted by molar-refractivity contribution is -1.02. The Morgan fingerprint density at radius 2 is 0.955 bits per heavy atom. The standard InChI is InChI=1S/C14H24N4O4/c15-11(19)13(7-3-1-4-8-13)17(21)18(22)14(12(16)20)9-5-2-6-10-14/h1-10H2,(H2,15,19)(H2,16,20)/b18-17-. The molecule has 8 nitrogen and oxygen atoms in total. The van der Waals surface area contributed by atoms with E-state index in [2.05, 4.69) is 0 Å². The number of hydrogen-bond acceptors (Lipinski definition) is 4. The van der Waals surface area contributed by atoms with Crippen molar-refractivity contribution in [2.24, 2.45) is 11.5 Å². The number of hydroxylamine groups is 2. The minimum Gasteiger partial charge on any atom is -0.566 e. The maximum absolute atomic E-state index is 12.7. The molecule has 0 atom stereocenters. The zero-order valence-electron chi connectivity index (χ0n) is 12.8. The highest BCUT2D eigenvalue weighted by Crippen LogP contribution is 2.35. The van der Waals surface area contributed by atoms with Gasteiger partial charge < -0.3 is 21.9 Å². The second-order valence-electron chi connectivity index (χ2n) is 6.46. The number of amides is 2. The van der Waals surface area contributed by atoms with Crippen molar-refractivity contribution in [2.75, 3.05) is 0 Å².